The SMILES string of the molecule is CCCCCC1CCC(c2ccc(-c3ccc(-c4ccc(C)c(F)c4F)cc3)c(F)c2)CC1. The number of hydrogen-bond acceptors (Lipinski definition) is 0. The average Bonchev–Trinajstić information content (AvgIpc) is 2.83. The van der Waals surface area contributed by atoms with Crippen LogP contribution in [0.5, 0.6) is 0 Å². The molecule has 1 aliphatic carbocycles. The molecule has 0 aromatic heterocycles. The molecule has 0 aliphatic heterocycles. The van der Waals surface area contributed by atoms with Crippen LogP contribution in [0.1, 0.15) is 75.3 Å². The first-order valence-electron chi connectivity index (χ1n) is 12.3. The molecule has 0 saturated heterocycles. The fraction of sp³-hybridized carbons (Fsp3) is 0.400. The van der Waals surface area contributed by atoms with Crippen LogP contribution in [0, 0.1) is 30.3 Å². The first kappa shape index (κ1) is 23.6. The lowest BCUT2D eigenvalue weighted by Gasteiger charge is -2.29. The highest BCUT2D eigenvalue weighted by Crippen LogP contribution is 2.39. The quantitative estimate of drug-likeness (QED) is 0.314. The second-order valence-electron chi connectivity index (χ2n) is 9.59. The predicted molar refractivity (Wildman–Crippen MR) is 131 cm³/mol. The zero-order valence-electron chi connectivity index (χ0n) is 19.6. The molecule has 3 aromatic rings. The van der Waals surface area contributed by atoms with Gasteiger partial charge in [-0.25, -0.2) is 13.2 Å². The van der Waals surface area contributed by atoms with Gasteiger partial charge in [-0.2, -0.15) is 0 Å². The van der Waals surface area contributed by atoms with Crippen molar-refractivity contribution in [2.75, 3.05) is 0 Å². The van der Waals surface area contributed by atoms with E-state index in [0.717, 1.165) is 29.9 Å². The molecule has 0 unspecified atom stereocenters. The number of aryl methyl sites for hydroxylation is 1. The van der Waals surface area contributed by atoms with Gasteiger partial charge in [0.05, 0.1) is 0 Å². The first-order chi connectivity index (χ1) is 16.0. The molecule has 0 radical (unpaired) electrons. The Labute approximate surface area is 195 Å². The summed E-state index contributed by atoms with van der Waals surface area (Å²) in [6, 6.07) is 15.7. The summed E-state index contributed by atoms with van der Waals surface area (Å²) >= 11 is 0. The van der Waals surface area contributed by atoms with Crippen molar-refractivity contribution in [1.29, 1.82) is 0 Å². The molecule has 4 rings (SSSR count). The van der Waals surface area contributed by atoms with Crippen molar-refractivity contribution in [2.45, 2.75) is 71.1 Å². The highest BCUT2D eigenvalue weighted by molar-refractivity contribution is 5.71. The summed E-state index contributed by atoms with van der Waals surface area (Å²) in [7, 11) is 0. The van der Waals surface area contributed by atoms with Gasteiger partial charge in [-0.05, 0) is 72.8 Å². The molecule has 0 N–H and O–H groups in total. The largest absolute Gasteiger partial charge is 0.206 e. The van der Waals surface area contributed by atoms with Crippen molar-refractivity contribution >= 4 is 0 Å². The average molecular weight is 451 g/mol. The molecule has 1 aliphatic rings. The fourth-order valence-electron chi connectivity index (χ4n) is 5.19. The van der Waals surface area contributed by atoms with Crippen LogP contribution in [-0.2, 0) is 0 Å². The molecule has 3 heteroatoms. The Bertz CT molecular complexity index is 1080. The lowest BCUT2D eigenvalue weighted by molar-refractivity contribution is 0.302. The van der Waals surface area contributed by atoms with E-state index >= 15 is 4.39 Å². The van der Waals surface area contributed by atoms with E-state index in [0.29, 0.717) is 17.0 Å². The van der Waals surface area contributed by atoms with Crippen molar-refractivity contribution in [3.63, 3.8) is 0 Å². The van der Waals surface area contributed by atoms with Gasteiger partial charge < -0.3 is 0 Å². The number of rotatable bonds is 7. The number of hydrogen-bond donors (Lipinski definition) is 0. The molecule has 0 heterocycles. The van der Waals surface area contributed by atoms with Gasteiger partial charge in [0.1, 0.15) is 5.82 Å². The van der Waals surface area contributed by atoms with E-state index in [-0.39, 0.29) is 16.9 Å². The topological polar surface area (TPSA) is 0 Å². The molecule has 0 amide bonds. The maximum atomic E-state index is 15.0. The molecule has 1 fully saturated rings. The maximum Gasteiger partial charge on any atom is 0.166 e. The molecule has 174 valence electrons. The van der Waals surface area contributed by atoms with Crippen LogP contribution in [0.3, 0.4) is 0 Å². The number of unbranched alkanes of at least 4 members (excludes halogenated alkanes) is 2. The third-order valence-electron chi connectivity index (χ3n) is 7.31. The predicted octanol–water partition coefficient (Wildman–Crippen LogP) is 9.60. The van der Waals surface area contributed by atoms with Crippen LogP contribution in [0.25, 0.3) is 22.3 Å². The van der Waals surface area contributed by atoms with Crippen molar-refractivity contribution < 1.29 is 13.2 Å². The summed E-state index contributed by atoms with van der Waals surface area (Å²) in [6.45, 7) is 3.78. The number of halogens is 3. The molecule has 1 saturated carbocycles. The van der Waals surface area contributed by atoms with Gasteiger partial charge in [0.2, 0.25) is 0 Å². The van der Waals surface area contributed by atoms with Crippen LogP contribution < -0.4 is 0 Å². The standard InChI is InChI=1S/C30H33F3/c1-3-4-5-6-21-8-10-22(11-9-21)25-16-18-26(28(31)19-25)23-12-14-24(15-13-23)27-17-7-20(2)29(32)30(27)33/h7,12-19,21-22H,3-6,8-11H2,1-2H3. The lowest BCUT2D eigenvalue weighted by Crippen LogP contribution is -2.13. The van der Waals surface area contributed by atoms with Crippen LogP contribution in [0.4, 0.5) is 13.2 Å². The zero-order valence-corrected chi connectivity index (χ0v) is 19.6. The Hall–Kier alpha value is -2.55. The van der Waals surface area contributed by atoms with E-state index in [4.69, 9.17) is 0 Å². The smallest absolute Gasteiger partial charge is 0.166 e. The second kappa shape index (κ2) is 10.6. The minimum Gasteiger partial charge on any atom is -0.206 e. The Morgan fingerprint density at radius 3 is 2.00 bits per heavy atom. The summed E-state index contributed by atoms with van der Waals surface area (Å²) in [4.78, 5) is 0. The highest BCUT2D eigenvalue weighted by atomic mass is 19.2. The third kappa shape index (κ3) is 5.34. The Morgan fingerprint density at radius 1 is 0.727 bits per heavy atom. The van der Waals surface area contributed by atoms with Gasteiger partial charge in [-0.3, -0.25) is 0 Å². The fourth-order valence-corrected chi connectivity index (χ4v) is 5.19. The minimum atomic E-state index is -0.849. The van der Waals surface area contributed by atoms with E-state index in [9.17, 15) is 8.78 Å². The molecular weight excluding hydrogens is 417 g/mol. The van der Waals surface area contributed by atoms with Crippen molar-refractivity contribution in [1.82, 2.24) is 0 Å². The normalized spacial score (nSPS) is 18.5. The zero-order chi connectivity index (χ0) is 23.4. The third-order valence-corrected chi connectivity index (χ3v) is 7.31. The lowest BCUT2D eigenvalue weighted by atomic mass is 9.77. The molecule has 0 spiro atoms. The maximum absolute atomic E-state index is 15.0. The molecular formula is C30H33F3. The summed E-state index contributed by atoms with van der Waals surface area (Å²) < 4.78 is 43.3. The highest BCUT2D eigenvalue weighted by Gasteiger charge is 2.23. The summed E-state index contributed by atoms with van der Waals surface area (Å²) in [5, 5.41) is 0. The van der Waals surface area contributed by atoms with Gasteiger partial charge in [-0.1, -0.05) is 81.1 Å². The van der Waals surface area contributed by atoms with E-state index in [2.05, 4.69) is 13.0 Å². The van der Waals surface area contributed by atoms with E-state index in [1.807, 2.05) is 6.07 Å². The van der Waals surface area contributed by atoms with Gasteiger partial charge >= 0.3 is 0 Å². The van der Waals surface area contributed by atoms with Gasteiger partial charge in [-0.15, -0.1) is 0 Å². The second-order valence-corrected chi connectivity index (χ2v) is 9.59. The van der Waals surface area contributed by atoms with Crippen molar-refractivity contribution in [3.05, 3.63) is 83.2 Å². The van der Waals surface area contributed by atoms with Gasteiger partial charge in [0.25, 0.3) is 0 Å². The van der Waals surface area contributed by atoms with Crippen LogP contribution >= 0.6 is 0 Å². The van der Waals surface area contributed by atoms with Crippen LogP contribution in [0.2, 0.25) is 0 Å². The Balaban J connectivity index is 1.45. The van der Waals surface area contributed by atoms with Crippen molar-refractivity contribution in [3.8, 4) is 22.3 Å². The van der Waals surface area contributed by atoms with Gasteiger partial charge in [0, 0.05) is 11.1 Å². The van der Waals surface area contributed by atoms with Crippen molar-refractivity contribution in [2.24, 2.45) is 5.92 Å². The monoisotopic (exact) mass is 450 g/mol. The van der Waals surface area contributed by atoms with E-state index < -0.39 is 11.6 Å². The molecule has 0 bridgehead atoms. The molecule has 33 heavy (non-hydrogen) atoms. The summed E-state index contributed by atoms with van der Waals surface area (Å²) in [5.74, 6) is -0.621. The number of benzene rings is 3. The molecule has 0 nitrogen and oxygen atoms in total. The van der Waals surface area contributed by atoms with Crippen LogP contribution in [-0.4, -0.2) is 0 Å². The summed E-state index contributed by atoms with van der Waals surface area (Å²) in [5.41, 5.74) is 3.43. The Kier molecular flexibility index (Phi) is 7.57. The van der Waals surface area contributed by atoms with E-state index in [1.165, 1.54) is 45.4 Å². The molecule has 3 aromatic carbocycles. The van der Waals surface area contributed by atoms with Gasteiger partial charge in [0.15, 0.2) is 11.6 Å². The first-order valence-corrected chi connectivity index (χ1v) is 12.3. The van der Waals surface area contributed by atoms with Crippen LogP contribution in [0.15, 0.2) is 54.6 Å². The van der Waals surface area contributed by atoms with E-state index in [1.54, 1.807) is 42.5 Å². The molecule has 0 atom stereocenters. The minimum absolute atomic E-state index is 0.214. The Morgan fingerprint density at radius 2 is 1.36 bits per heavy atom. The summed E-state index contributed by atoms with van der Waals surface area (Å²) in [6.07, 6.45) is 10.0.